The van der Waals surface area contributed by atoms with Gasteiger partial charge < -0.3 is 10.2 Å². The number of fused-ring (bicyclic) bond motifs is 1. The lowest BCUT2D eigenvalue weighted by Gasteiger charge is -2.35. The minimum atomic E-state index is 0.184. The van der Waals surface area contributed by atoms with Gasteiger partial charge in [0.25, 0.3) is 0 Å². The van der Waals surface area contributed by atoms with Crippen molar-refractivity contribution in [2.75, 3.05) is 39.3 Å². The average molecular weight is 263 g/mol. The summed E-state index contributed by atoms with van der Waals surface area (Å²) in [6.45, 7) is 12.4. The van der Waals surface area contributed by atoms with E-state index in [0.29, 0.717) is 25.7 Å². The maximum absolute atomic E-state index is 12.3. The normalized spacial score (nSPS) is 26.7. The monoisotopic (exact) mass is 263 g/mol. The summed E-state index contributed by atoms with van der Waals surface area (Å²) in [6, 6.07) is 0.684. The minimum Gasteiger partial charge on any atom is -0.334 e. The number of carbonyl (C=O) groups excluding carboxylic acids is 1. The maximum Gasteiger partial charge on any atom is 0.237 e. The molecule has 1 N–H and O–H groups in total. The van der Waals surface area contributed by atoms with E-state index in [1.54, 1.807) is 17.1 Å². The number of piperidine rings is 1. The number of hydrogen-bond donors (Lipinski definition) is 1. The van der Waals surface area contributed by atoms with Gasteiger partial charge in [-0.25, -0.2) is 0 Å². The lowest BCUT2D eigenvalue weighted by molar-refractivity contribution is -0.131. The van der Waals surface area contributed by atoms with Gasteiger partial charge in [-0.1, -0.05) is 12.2 Å². The molecule has 0 aromatic carbocycles. The number of likely N-dealkylation sites (tertiary alicyclic amines) is 1. The summed E-state index contributed by atoms with van der Waals surface area (Å²) in [4.78, 5) is 16.4. The molecule has 2 heterocycles. The van der Waals surface area contributed by atoms with Crippen LogP contribution in [0.15, 0.2) is 25.3 Å². The third kappa shape index (κ3) is 3.67. The number of carbonyl (C=O) groups is 1. The Balaban J connectivity index is 1.83. The van der Waals surface area contributed by atoms with Gasteiger partial charge in [0.15, 0.2) is 0 Å². The lowest BCUT2D eigenvalue weighted by Crippen LogP contribution is -2.48. The quantitative estimate of drug-likeness (QED) is 0.722. The van der Waals surface area contributed by atoms with E-state index in [0.717, 1.165) is 25.6 Å². The van der Waals surface area contributed by atoms with Crippen LogP contribution in [0.3, 0.4) is 0 Å². The Kier molecular flexibility index (Phi) is 5.16. The number of rotatable bonds is 6. The fraction of sp³-hybridized carbons (Fsp3) is 0.667. The third-order valence-electron chi connectivity index (χ3n) is 4.15. The van der Waals surface area contributed by atoms with Crippen molar-refractivity contribution in [3.8, 4) is 0 Å². The molecule has 4 nitrogen and oxygen atoms in total. The molecule has 0 aromatic rings. The Morgan fingerprint density at radius 2 is 2.05 bits per heavy atom. The first-order valence-electron chi connectivity index (χ1n) is 7.20. The second-order valence-electron chi connectivity index (χ2n) is 5.51. The van der Waals surface area contributed by atoms with Gasteiger partial charge in [-0.15, -0.1) is 13.2 Å². The number of nitrogens with zero attached hydrogens (tertiary/aromatic N) is 2. The number of nitrogens with one attached hydrogen (secondary N) is 1. The molecule has 2 aliphatic heterocycles. The minimum absolute atomic E-state index is 0.184. The van der Waals surface area contributed by atoms with Crippen molar-refractivity contribution in [3.63, 3.8) is 0 Å². The van der Waals surface area contributed by atoms with Gasteiger partial charge in [0.1, 0.15) is 0 Å². The van der Waals surface area contributed by atoms with E-state index in [4.69, 9.17) is 0 Å². The Labute approximate surface area is 116 Å². The molecule has 2 atom stereocenters. The highest BCUT2D eigenvalue weighted by Crippen LogP contribution is 2.24. The van der Waals surface area contributed by atoms with Gasteiger partial charge in [-0.2, -0.15) is 0 Å². The van der Waals surface area contributed by atoms with Gasteiger partial charge in [0, 0.05) is 32.2 Å². The van der Waals surface area contributed by atoms with Crippen LogP contribution in [0, 0.1) is 5.92 Å². The largest absolute Gasteiger partial charge is 0.334 e. The summed E-state index contributed by atoms with van der Waals surface area (Å²) in [7, 11) is 0. The van der Waals surface area contributed by atoms with Crippen molar-refractivity contribution >= 4 is 5.91 Å². The second kappa shape index (κ2) is 6.87. The molecule has 2 rings (SSSR count). The van der Waals surface area contributed by atoms with E-state index >= 15 is 0 Å². The first kappa shape index (κ1) is 14.3. The van der Waals surface area contributed by atoms with E-state index < -0.39 is 0 Å². The van der Waals surface area contributed by atoms with Crippen molar-refractivity contribution in [1.29, 1.82) is 0 Å². The van der Waals surface area contributed by atoms with Crippen LogP contribution in [0.5, 0.6) is 0 Å². The van der Waals surface area contributed by atoms with Crippen LogP contribution < -0.4 is 5.32 Å². The molecule has 106 valence electrons. The standard InChI is InChI=1S/C15H25N3O/c1-3-8-18(9-4-2)15(19)12-17-10-6-14-13(11-17)5-7-16-14/h3-4,13-14,16H,1-2,5-12H2. The molecule has 2 aliphatic rings. The fourth-order valence-corrected chi connectivity index (χ4v) is 3.15. The highest BCUT2D eigenvalue weighted by atomic mass is 16.2. The van der Waals surface area contributed by atoms with Crippen LogP contribution >= 0.6 is 0 Å². The molecule has 2 unspecified atom stereocenters. The van der Waals surface area contributed by atoms with Crippen molar-refractivity contribution in [2.24, 2.45) is 5.92 Å². The molecular formula is C15H25N3O. The van der Waals surface area contributed by atoms with Gasteiger partial charge in [-0.3, -0.25) is 9.69 Å². The summed E-state index contributed by atoms with van der Waals surface area (Å²) in [5, 5.41) is 3.55. The van der Waals surface area contributed by atoms with E-state index in [2.05, 4.69) is 23.4 Å². The van der Waals surface area contributed by atoms with Gasteiger partial charge >= 0.3 is 0 Å². The zero-order valence-electron chi connectivity index (χ0n) is 11.7. The number of hydrogen-bond acceptors (Lipinski definition) is 3. The molecular weight excluding hydrogens is 238 g/mol. The Hall–Kier alpha value is -1.13. The van der Waals surface area contributed by atoms with Crippen LogP contribution in [0.2, 0.25) is 0 Å². The van der Waals surface area contributed by atoms with E-state index in [9.17, 15) is 4.79 Å². The number of amides is 1. The summed E-state index contributed by atoms with van der Waals surface area (Å²) >= 11 is 0. The van der Waals surface area contributed by atoms with Crippen LogP contribution in [0.4, 0.5) is 0 Å². The summed E-state index contributed by atoms with van der Waals surface area (Å²) in [5.74, 6) is 0.915. The molecule has 0 bridgehead atoms. The first-order chi connectivity index (χ1) is 9.24. The first-order valence-corrected chi connectivity index (χ1v) is 7.20. The topological polar surface area (TPSA) is 35.6 Å². The Morgan fingerprint density at radius 3 is 2.74 bits per heavy atom. The molecule has 19 heavy (non-hydrogen) atoms. The fourth-order valence-electron chi connectivity index (χ4n) is 3.15. The molecule has 4 heteroatoms. The maximum atomic E-state index is 12.3. The molecule has 2 saturated heterocycles. The van der Waals surface area contributed by atoms with Gasteiger partial charge in [-0.05, 0) is 25.3 Å². The van der Waals surface area contributed by atoms with Crippen molar-refractivity contribution < 1.29 is 4.79 Å². The van der Waals surface area contributed by atoms with E-state index in [-0.39, 0.29) is 5.91 Å². The predicted molar refractivity (Wildman–Crippen MR) is 77.9 cm³/mol. The molecule has 0 spiro atoms. The molecule has 0 saturated carbocycles. The van der Waals surface area contributed by atoms with Crippen LogP contribution in [-0.2, 0) is 4.79 Å². The zero-order valence-corrected chi connectivity index (χ0v) is 11.7. The zero-order chi connectivity index (χ0) is 13.7. The molecule has 1 amide bonds. The van der Waals surface area contributed by atoms with Crippen LogP contribution in [0.1, 0.15) is 12.8 Å². The van der Waals surface area contributed by atoms with E-state index in [1.165, 1.54) is 12.8 Å². The SMILES string of the molecule is C=CCN(CC=C)C(=O)CN1CCC2NCCC2C1. The van der Waals surface area contributed by atoms with Crippen LogP contribution in [0.25, 0.3) is 0 Å². The lowest BCUT2D eigenvalue weighted by atomic mass is 9.93. The molecule has 0 radical (unpaired) electrons. The Bertz CT molecular complexity index is 332. The van der Waals surface area contributed by atoms with Gasteiger partial charge in [0.2, 0.25) is 5.91 Å². The molecule has 0 aromatic heterocycles. The van der Waals surface area contributed by atoms with E-state index in [1.807, 2.05) is 0 Å². The smallest absolute Gasteiger partial charge is 0.237 e. The summed E-state index contributed by atoms with van der Waals surface area (Å²) in [6.07, 6.45) is 5.96. The van der Waals surface area contributed by atoms with Crippen molar-refractivity contribution in [1.82, 2.24) is 15.1 Å². The Morgan fingerprint density at radius 1 is 1.32 bits per heavy atom. The molecule has 0 aliphatic carbocycles. The van der Waals surface area contributed by atoms with Gasteiger partial charge in [0.05, 0.1) is 6.54 Å². The average Bonchev–Trinajstić information content (AvgIpc) is 2.86. The third-order valence-corrected chi connectivity index (χ3v) is 4.15. The molecule has 2 fully saturated rings. The summed E-state index contributed by atoms with van der Waals surface area (Å²) in [5.41, 5.74) is 0. The van der Waals surface area contributed by atoms with Crippen LogP contribution in [-0.4, -0.2) is 61.0 Å². The highest BCUT2D eigenvalue weighted by Gasteiger charge is 2.33. The van der Waals surface area contributed by atoms with Crippen molar-refractivity contribution in [3.05, 3.63) is 25.3 Å². The highest BCUT2D eigenvalue weighted by molar-refractivity contribution is 5.78. The second-order valence-corrected chi connectivity index (χ2v) is 5.51. The van der Waals surface area contributed by atoms with Crippen molar-refractivity contribution in [2.45, 2.75) is 18.9 Å². The summed E-state index contributed by atoms with van der Waals surface area (Å²) < 4.78 is 0. The predicted octanol–water partition coefficient (Wildman–Crippen LogP) is 0.871.